The maximum absolute atomic E-state index is 2.36. The molecule has 1 radical (unpaired) electrons. The maximum atomic E-state index is 2.36. The van der Waals surface area contributed by atoms with Crippen LogP contribution in [0.15, 0.2) is 36.4 Å². The van der Waals surface area contributed by atoms with Crippen molar-refractivity contribution >= 4 is 0 Å². The molecule has 0 spiro atoms. The molecule has 16 heavy (non-hydrogen) atoms. The second kappa shape index (κ2) is 2.76. The molecule has 2 aliphatic carbocycles. The molecule has 0 nitrogen and oxygen atoms in total. The van der Waals surface area contributed by atoms with Crippen molar-refractivity contribution in [2.75, 3.05) is 0 Å². The predicted octanol–water partition coefficient (Wildman–Crippen LogP) is 3.93. The van der Waals surface area contributed by atoms with E-state index in [2.05, 4.69) is 49.7 Å². The number of hydrogen-bond acceptors (Lipinski definition) is 0. The average Bonchev–Trinajstić information content (AvgIpc) is 2.63. The number of fused-ring (bicyclic) bond motifs is 5. The smallest absolute Gasteiger partial charge is 0.0214 e. The van der Waals surface area contributed by atoms with Gasteiger partial charge in [-0.05, 0) is 45.7 Å². The van der Waals surface area contributed by atoms with Crippen LogP contribution >= 0.6 is 0 Å². The first-order chi connectivity index (χ1) is 7.84. The van der Waals surface area contributed by atoms with Gasteiger partial charge in [0.15, 0.2) is 0 Å². The van der Waals surface area contributed by atoms with Crippen LogP contribution in [0.5, 0.6) is 0 Å². The summed E-state index contributed by atoms with van der Waals surface area (Å²) in [7, 11) is 0. The minimum absolute atomic E-state index is 0.746. The van der Waals surface area contributed by atoms with Crippen molar-refractivity contribution in [1.29, 1.82) is 0 Å². The SMILES string of the molecule is CC1Cc2ccc3c(c21)[CH]c1ccccc1-3. The summed E-state index contributed by atoms with van der Waals surface area (Å²) in [5, 5.41) is 0. The molecule has 0 aliphatic heterocycles. The summed E-state index contributed by atoms with van der Waals surface area (Å²) in [6, 6.07) is 13.3. The normalized spacial score (nSPS) is 19.7. The molecule has 0 saturated heterocycles. The first-order valence-electron chi connectivity index (χ1n) is 5.94. The van der Waals surface area contributed by atoms with Crippen molar-refractivity contribution in [3.63, 3.8) is 0 Å². The van der Waals surface area contributed by atoms with Crippen molar-refractivity contribution in [2.45, 2.75) is 19.3 Å². The molecule has 1 unspecified atom stereocenters. The Morgan fingerprint density at radius 3 is 2.75 bits per heavy atom. The van der Waals surface area contributed by atoms with E-state index in [1.54, 1.807) is 11.1 Å². The fourth-order valence-electron chi connectivity index (χ4n) is 3.16. The Hall–Kier alpha value is -1.56. The van der Waals surface area contributed by atoms with Crippen molar-refractivity contribution < 1.29 is 0 Å². The molecular formula is C16H13. The third-order valence-corrected chi connectivity index (χ3v) is 3.95. The topological polar surface area (TPSA) is 0 Å². The van der Waals surface area contributed by atoms with E-state index in [1.165, 1.54) is 28.7 Å². The predicted molar refractivity (Wildman–Crippen MR) is 66.5 cm³/mol. The van der Waals surface area contributed by atoms with Crippen LogP contribution in [0, 0.1) is 6.42 Å². The van der Waals surface area contributed by atoms with Gasteiger partial charge in [-0.2, -0.15) is 0 Å². The first-order valence-corrected chi connectivity index (χ1v) is 5.94. The van der Waals surface area contributed by atoms with Gasteiger partial charge >= 0.3 is 0 Å². The Kier molecular flexibility index (Phi) is 1.48. The highest BCUT2D eigenvalue weighted by atomic mass is 14.3. The Labute approximate surface area is 95.9 Å². The van der Waals surface area contributed by atoms with Gasteiger partial charge in [-0.25, -0.2) is 0 Å². The molecule has 1 atom stereocenters. The third-order valence-electron chi connectivity index (χ3n) is 3.95. The summed E-state index contributed by atoms with van der Waals surface area (Å²) in [6.07, 6.45) is 3.62. The largest absolute Gasteiger partial charge is 0.0619 e. The van der Waals surface area contributed by atoms with Crippen LogP contribution in [0.2, 0.25) is 0 Å². The Bertz CT molecular complexity index is 593. The molecule has 2 aromatic rings. The summed E-state index contributed by atoms with van der Waals surface area (Å²) in [6.45, 7) is 2.33. The monoisotopic (exact) mass is 205 g/mol. The third kappa shape index (κ3) is 0.904. The van der Waals surface area contributed by atoms with E-state index in [9.17, 15) is 0 Å². The molecule has 0 amide bonds. The highest BCUT2D eigenvalue weighted by Gasteiger charge is 2.30. The Morgan fingerprint density at radius 1 is 1.00 bits per heavy atom. The molecule has 77 valence electrons. The van der Waals surface area contributed by atoms with Crippen LogP contribution in [-0.2, 0) is 6.42 Å². The van der Waals surface area contributed by atoms with Gasteiger partial charge in [-0.3, -0.25) is 0 Å². The Balaban J connectivity index is 2.02. The van der Waals surface area contributed by atoms with E-state index in [0.717, 1.165) is 5.92 Å². The van der Waals surface area contributed by atoms with Gasteiger partial charge < -0.3 is 0 Å². The summed E-state index contributed by atoms with van der Waals surface area (Å²) in [5.74, 6) is 0.746. The zero-order valence-corrected chi connectivity index (χ0v) is 9.33. The van der Waals surface area contributed by atoms with Gasteiger partial charge in [-0.1, -0.05) is 43.3 Å². The van der Waals surface area contributed by atoms with Crippen LogP contribution in [0.1, 0.15) is 35.1 Å². The van der Waals surface area contributed by atoms with Crippen molar-refractivity contribution in [3.05, 3.63) is 65.1 Å². The Morgan fingerprint density at radius 2 is 1.88 bits per heavy atom. The number of rotatable bonds is 0. The van der Waals surface area contributed by atoms with Crippen LogP contribution in [0.25, 0.3) is 11.1 Å². The molecule has 0 heterocycles. The molecule has 2 aromatic carbocycles. The lowest BCUT2D eigenvalue weighted by atomic mass is 9.75. The molecule has 0 aromatic heterocycles. The molecule has 4 rings (SSSR count). The van der Waals surface area contributed by atoms with E-state index in [1.807, 2.05) is 0 Å². The molecular weight excluding hydrogens is 192 g/mol. The number of hydrogen-bond donors (Lipinski definition) is 0. The van der Waals surface area contributed by atoms with Gasteiger partial charge in [0.05, 0.1) is 0 Å². The van der Waals surface area contributed by atoms with E-state index in [0.29, 0.717) is 0 Å². The van der Waals surface area contributed by atoms with Gasteiger partial charge in [-0.15, -0.1) is 0 Å². The summed E-state index contributed by atoms with van der Waals surface area (Å²) in [5.41, 5.74) is 8.84. The highest BCUT2D eigenvalue weighted by molar-refractivity contribution is 5.83. The fraction of sp³-hybridized carbons (Fsp3) is 0.188. The van der Waals surface area contributed by atoms with E-state index >= 15 is 0 Å². The minimum Gasteiger partial charge on any atom is -0.0619 e. The lowest BCUT2D eigenvalue weighted by molar-refractivity contribution is 0.664. The average molecular weight is 205 g/mol. The van der Waals surface area contributed by atoms with E-state index in [-0.39, 0.29) is 0 Å². The molecule has 0 fully saturated rings. The maximum Gasteiger partial charge on any atom is 0.0214 e. The van der Waals surface area contributed by atoms with Gasteiger partial charge in [0.1, 0.15) is 0 Å². The van der Waals surface area contributed by atoms with Crippen LogP contribution in [0.4, 0.5) is 0 Å². The summed E-state index contributed by atoms with van der Waals surface area (Å²) < 4.78 is 0. The molecule has 2 aliphatic rings. The van der Waals surface area contributed by atoms with Gasteiger partial charge in [0.25, 0.3) is 0 Å². The van der Waals surface area contributed by atoms with Crippen LogP contribution in [-0.4, -0.2) is 0 Å². The second-order valence-corrected chi connectivity index (χ2v) is 4.94. The molecule has 0 saturated carbocycles. The van der Waals surface area contributed by atoms with Crippen LogP contribution < -0.4 is 0 Å². The lowest BCUT2D eigenvalue weighted by Gasteiger charge is -2.29. The van der Waals surface area contributed by atoms with E-state index < -0.39 is 0 Å². The summed E-state index contributed by atoms with van der Waals surface area (Å²) >= 11 is 0. The first kappa shape index (κ1) is 8.58. The van der Waals surface area contributed by atoms with Gasteiger partial charge in [0.2, 0.25) is 0 Å². The fourth-order valence-corrected chi connectivity index (χ4v) is 3.16. The van der Waals surface area contributed by atoms with Crippen molar-refractivity contribution in [3.8, 4) is 11.1 Å². The van der Waals surface area contributed by atoms with Crippen molar-refractivity contribution in [2.24, 2.45) is 0 Å². The zero-order chi connectivity index (χ0) is 10.7. The standard InChI is InChI=1S/C16H13/c1-10-8-12-6-7-14-13-5-3-2-4-11(13)9-15(14)16(10)12/h2-7,9-10H,8H2,1H3. The number of benzene rings is 2. The summed E-state index contributed by atoms with van der Waals surface area (Å²) in [4.78, 5) is 0. The van der Waals surface area contributed by atoms with Gasteiger partial charge in [0, 0.05) is 6.42 Å². The van der Waals surface area contributed by atoms with Crippen LogP contribution in [0.3, 0.4) is 0 Å². The molecule has 0 N–H and O–H groups in total. The molecule has 0 heteroatoms. The second-order valence-electron chi connectivity index (χ2n) is 4.94. The quantitative estimate of drug-likeness (QED) is 0.521. The molecule has 0 bridgehead atoms. The lowest BCUT2D eigenvalue weighted by Crippen LogP contribution is -2.16. The zero-order valence-electron chi connectivity index (χ0n) is 9.33. The van der Waals surface area contributed by atoms with E-state index in [4.69, 9.17) is 0 Å². The highest BCUT2D eigenvalue weighted by Crippen LogP contribution is 2.47. The van der Waals surface area contributed by atoms with Crippen molar-refractivity contribution in [1.82, 2.24) is 0 Å². The minimum atomic E-state index is 0.746.